The third kappa shape index (κ3) is 6.98. The number of carbonyl (C=O) groups is 2. The minimum atomic E-state index is -1.07. The number of fused-ring (bicyclic) bond motifs is 1. The number of anilines is 1. The molecule has 2 aromatic rings. The summed E-state index contributed by atoms with van der Waals surface area (Å²) < 4.78 is 11.0. The van der Waals surface area contributed by atoms with Crippen molar-refractivity contribution in [3.8, 4) is 5.75 Å². The lowest BCUT2D eigenvalue weighted by Crippen LogP contribution is -2.43. The Morgan fingerprint density at radius 2 is 1.97 bits per heavy atom. The van der Waals surface area contributed by atoms with Gasteiger partial charge >= 0.3 is 12.0 Å². The summed E-state index contributed by atoms with van der Waals surface area (Å²) in [6.07, 6.45) is 1.55. The number of nitrogens with zero attached hydrogens (tertiary/aromatic N) is 2. The van der Waals surface area contributed by atoms with E-state index in [-0.39, 0.29) is 5.92 Å². The molecule has 0 aromatic heterocycles. The first-order valence-electron chi connectivity index (χ1n) is 12.2. The second-order valence-corrected chi connectivity index (χ2v) is 10.5. The van der Waals surface area contributed by atoms with Gasteiger partial charge < -0.3 is 25.0 Å². The maximum atomic E-state index is 12.2. The fraction of sp³-hybridized carbons (Fsp3) is 0.481. The van der Waals surface area contributed by atoms with E-state index in [1.165, 1.54) is 0 Å². The third-order valence-electron chi connectivity index (χ3n) is 6.27. The Bertz CT molecular complexity index is 1090. The van der Waals surface area contributed by atoms with Gasteiger partial charge in [0.15, 0.2) is 5.60 Å². The van der Waals surface area contributed by atoms with Crippen LogP contribution in [0.3, 0.4) is 0 Å². The molecule has 0 aliphatic carbocycles. The average molecular weight is 537 g/mol. The molecule has 2 aromatic carbocycles. The number of ether oxygens (including phenoxy) is 2. The highest BCUT2D eigenvalue weighted by molar-refractivity contribution is 6.42. The molecule has 2 amide bonds. The lowest BCUT2D eigenvalue weighted by atomic mass is 10.0. The fourth-order valence-electron chi connectivity index (χ4n) is 4.44. The molecule has 1 unspecified atom stereocenters. The summed E-state index contributed by atoms with van der Waals surface area (Å²) in [4.78, 5) is 28.2. The Balaban J connectivity index is 1.59. The molecule has 0 spiro atoms. The van der Waals surface area contributed by atoms with Crippen LogP contribution in [0.4, 0.5) is 10.5 Å². The van der Waals surface area contributed by atoms with Gasteiger partial charge in [0.05, 0.1) is 16.7 Å². The molecule has 0 radical (unpaired) electrons. The van der Waals surface area contributed by atoms with Crippen LogP contribution in [-0.4, -0.2) is 55.3 Å². The van der Waals surface area contributed by atoms with E-state index in [1.807, 2.05) is 30.3 Å². The molecule has 36 heavy (non-hydrogen) atoms. The number of rotatable bonds is 11. The highest BCUT2D eigenvalue weighted by atomic mass is 35.5. The first-order valence-corrected chi connectivity index (χ1v) is 13.0. The van der Waals surface area contributed by atoms with Crippen LogP contribution in [-0.2, 0) is 22.4 Å². The van der Waals surface area contributed by atoms with E-state index in [4.69, 9.17) is 38.4 Å². The average Bonchev–Trinajstić information content (AvgIpc) is 3.21. The Morgan fingerprint density at radius 1 is 1.22 bits per heavy atom. The summed E-state index contributed by atoms with van der Waals surface area (Å²) in [5.74, 6) is 0.383. The predicted octanol–water partition coefficient (Wildman–Crippen LogP) is 5.34. The van der Waals surface area contributed by atoms with Crippen LogP contribution in [0.1, 0.15) is 38.8 Å². The van der Waals surface area contributed by atoms with E-state index in [0.717, 1.165) is 29.8 Å². The predicted molar refractivity (Wildman–Crippen MR) is 144 cm³/mol. The number of carbonyl (C=O) groups excluding carboxylic acids is 2. The standard InChI is InChI=1S/C27H35Cl2N3O4/c1-5-35-25(33)27(3,4)36-21-9-10-23-19(16-21)11-12-31(23)13-14-32(26(30)34)17-18(2)15-20-7-6-8-22(28)24(20)29/h6-10,16,18H,5,11-15,17H2,1-4H3,(H2,30,34). The van der Waals surface area contributed by atoms with Crippen LogP contribution in [0.5, 0.6) is 5.75 Å². The van der Waals surface area contributed by atoms with Crippen molar-refractivity contribution in [2.45, 2.75) is 46.1 Å². The fourth-order valence-corrected chi connectivity index (χ4v) is 4.84. The second kappa shape index (κ2) is 12.1. The zero-order valence-electron chi connectivity index (χ0n) is 21.4. The lowest BCUT2D eigenvalue weighted by Gasteiger charge is -2.28. The molecule has 2 N–H and O–H groups in total. The van der Waals surface area contributed by atoms with Crippen molar-refractivity contribution in [2.75, 3.05) is 37.7 Å². The summed E-state index contributed by atoms with van der Waals surface area (Å²) in [5.41, 5.74) is 7.82. The molecule has 1 atom stereocenters. The number of benzene rings is 2. The van der Waals surface area contributed by atoms with Gasteiger partial charge in [0, 0.05) is 31.9 Å². The van der Waals surface area contributed by atoms with Crippen LogP contribution >= 0.6 is 23.2 Å². The SMILES string of the molecule is CCOC(=O)C(C)(C)Oc1ccc2c(c1)CCN2CCN(CC(C)Cc1cccc(Cl)c1Cl)C(N)=O. The maximum absolute atomic E-state index is 12.2. The van der Waals surface area contributed by atoms with Crippen LogP contribution < -0.4 is 15.4 Å². The van der Waals surface area contributed by atoms with Crippen molar-refractivity contribution >= 4 is 40.9 Å². The van der Waals surface area contributed by atoms with Crippen molar-refractivity contribution < 1.29 is 19.1 Å². The minimum absolute atomic E-state index is 0.154. The van der Waals surface area contributed by atoms with Gasteiger partial charge in [-0.05, 0) is 74.9 Å². The molecule has 1 aliphatic heterocycles. The topological polar surface area (TPSA) is 85.1 Å². The molecule has 0 saturated heterocycles. The Morgan fingerprint density at radius 3 is 2.67 bits per heavy atom. The maximum Gasteiger partial charge on any atom is 0.349 e. The lowest BCUT2D eigenvalue weighted by molar-refractivity contribution is -0.158. The van der Waals surface area contributed by atoms with Gasteiger partial charge in [0.1, 0.15) is 5.75 Å². The summed E-state index contributed by atoms with van der Waals surface area (Å²) in [6.45, 7) is 10.1. The van der Waals surface area contributed by atoms with E-state index in [2.05, 4.69) is 11.8 Å². The van der Waals surface area contributed by atoms with Gasteiger partial charge in [-0.3, -0.25) is 0 Å². The molecule has 196 valence electrons. The van der Waals surface area contributed by atoms with Crippen LogP contribution in [0, 0.1) is 5.92 Å². The molecule has 9 heteroatoms. The number of amides is 2. The van der Waals surface area contributed by atoms with Crippen molar-refractivity contribution in [2.24, 2.45) is 11.7 Å². The van der Waals surface area contributed by atoms with Crippen molar-refractivity contribution in [1.29, 1.82) is 0 Å². The molecule has 0 bridgehead atoms. The van der Waals surface area contributed by atoms with E-state index in [9.17, 15) is 9.59 Å². The van der Waals surface area contributed by atoms with Crippen LogP contribution in [0.2, 0.25) is 10.0 Å². The molecule has 0 saturated carbocycles. The number of nitrogens with two attached hydrogens (primary N) is 1. The molecular formula is C27H35Cl2N3O4. The summed E-state index contributed by atoms with van der Waals surface area (Å²) >= 11 is 12.5. The summed E-state index contributed by atoms with van der Waals surface area (Å²) in [7, 11) is 0. The number of primary amides is 1. The van der Waals surface area contributed by atoms with Crippen molar-refractivity contribution in [1.82, 2.24) is 4.90 Å². The Hall–Kier alpha value is -2.64. The molecule has 1 aliphatic rings. The normalized spacial score (nSPS) is 13.8. The van der Waals surface area contributed by atoms with E-state index in [1.54, 1.807) is 31.7 Å². The van der Waals surface area contributed by atoms with Crippen molar-refractivity contribution in [3.63, 3.8) is 0 Å². The van der Waals surface area contributed by atoms with Gasteiger partial charge in [0.25, 0.3) is 0 Å². The minimum Gasteiger partial charge on any atom is -0.476 e. The van der Waals surface area contributed by atoms with Gasteiger partial charge in [-0.2, -0.15) is 0 Å². The number of halogens is 2. The van der Waals surface area contributed by atoms with E-state index < -0.39 is 17.6 Å². The summed E-state index contributed by atoms with van der Waals surface area (Å²) in [5, 5.41) is 1.08. The first-order chi connectivity index (χ1) is 17.0. The molecule has 1 heterocycles. The van der Waals surface area contributed by atoms with Gasteiger partial charge in [-0.1, -0.05) is 42.3 Å². The zero-order chi connectivity index (χ0) is 26.5. The van der Waals surface area contributed by atoms with Crippen molar-refractivity contribution in [3.05, 3.63) is 57.6 Å². The quantitative estimate of drug-likeness (QED) is 0.392. The Labute approximate surface area is 223 Å². The van der Waals surface area contributed by atoms with Gasteiger partial charge in [0.2, 0.25) is 0 Å². The zero-order valence-corrected chi connectivity index (χ0v) is 22.9. The van der Waals surface area contributed by atoms with E-state index in [0.29, 0.717) is 48.5 Å². The van der Waals surface area contributed by atoms with Crippen LogP contribution in [0.25, 0.3) is 0 Å². The first kappa shape index (κ1) is 27.9. The highest BCUT2D eigenvalue weighted by Crippen LogP contribution is 2.33. The smallest absolute Gasteiger partial charge is 0.349 e. The summed E-state index contributed by atoms with van der Waals surface area (Å²) in [6, 6.07) is 11.0. The molecular weight excluding hydrogens is 501 g/mol. The largest absolute Gasteiger partial charge is 0.476 e. The second-order valence-electron chi connectivity index (χ2n) is 9.67. The number of hydrogen-bond acceptors (Lipinski definition) is 5. The molecule has 0 fully saturated rings. The monoisotopic (exact) mass is 535 g/mol. The number of urea groups is 1. The third-order valence-corrected chi connectivity index (χ3v) is 7.12. The van der Waals surface area contributed by atoms with Gasteiger partial charge in [-0.15, -0.1) is 0 Å². The number of hydrogen-bond donors (Lipinski definition) is 1. The van der Waals surface area contributed by atoms with Gasteiger partial charge in [-0.25, -0.2) is 9.59 Å². The van der Waals surface area contributed by atoms with E-state index >= 15 is 0 Å². The molecule has 7 nitrogen and oxygen atoms in total. The highest BCUT2D eigenvalue weighted by Gasteiger charge is 2.32. The Kier molecular flexibility index (Phi) is 9.36. The van der Waals surface area contributed by atoms with Crippen LogP contribution in [0.15, 0.2) is 36.4 Å². The molecule has 3 rings (SSSR count). The number of esters is 1.